The Balaban J connectivity index is 3.29. The van der Waals surface area contributed by atoms with Crippen LogP contribution in [0.3, 0.4) is 0 Å². The number of unbranched alkanes of at least 4 members (excludes halogenated alkanes) is 9. The zero-order valence-corrected chi connectivity index (χ0v) is 14.5. The van der Waals surface area contributed by atoms with Crippen LogP contribution >= 0.6 is 11.6 Å². The maximum Gasteiger partial charge on any atom is 0.238 e. The van der Waals surface area contributed by atoms with Gasteiger partial charge in [0, 0.05) is 6.04 Å². The van der Waals surface area contributed by atoms with E-state index < -0.39 is 0 Å². The molecule has 0 spiro atoms. The van der Waals surface area contributed by atoms with Crippen LogP contribution in [0, 0.1) is 0 Å². The Morgan fingerprint density at radius 3 is 1.80 bits per heavy atom. The fraction of sp³-hybridized carbons (Fsp3) is 0.941. The van der Waals surface area contributed by atoms with Crippen LogP contribution in [0.25, 0.3) is 0 Å². The molecule has 0 aromatic heterocycles. The van der Waals surface area contributed by atoms with Crippen molar-refractivity contribution >= 4 is 17.5 Å². The van der Waals surface area contributed by atoms with Crippen molar-refractivity contribution in [3.63, 3.8) is 0 Å². The summed E-state index contributed by atoms with van der Waals surface area (Å²) in [6.07, 6.45) is 13.9. The third-order valence-corrected chi connectivity index (χ3v) is 3.94. The molecule has 3 heteroatoms. The topological polar surface area (TPSA) is 29.1 Å². The second kappa shape index (κ2) is 13.7. The summed E-state index contributed by atoms with van der Waals surface area (Å²) in [5.41, 5.74) is 0. The Bertz CT molecular complexity index is 231. The van der Waals surface area contributed by atoms with Crippen LogP contribution in [-0.2, 0) is 4.79 Å². The molecule has 0 aliphatic rings. The van der Waals surface area contributed by atoms with Gasteiger partial charge in [-0.15, -0.1) is 11.6 Å². The van der Waals surface area contributed by atoms with Gasteiger partial charge >= 0.3 is 0 Å². The van der Waals surface area contributed by atoms with E-state index in [9.17, 15) is 4.79 Å². The predicted octanol–water partition coefficient (Wildman–Crippen LogP) is 5.43. The number of hydrogen-bond acceptors (Lipinski definition) is 1. The summed E-state index contributed by atoms with van der Waals surface area (Å²) >= 11 is 6.07. The minimum absolute atomic E-state index is 0.0161. The summed E-state index contributed by atoms with van der Waals surface area (Å²) in [7, 11) is 0. The van der Waals surface area contributed by atoms with Crippen LogP contribution in [0.1, 0.15) is 91.4 Å². The molecule has 2 nitrogen and oxygen atoms in total. The number of carbonyl (C=O) groups is 1. The summed E-state index contributed by atoms with van der Waals surface area (Å²) in [6, 6.07) is 0.177. The van der Waals surface area contributed by atoms with Gasteiger partial charge in [0.05, 0.1) is 0 Å². The molecule has 0 saturated carbocycles. The summed E-state index contributed by atoms with van der Waals surface area (Å²) in [5.74, 6) is -0.0161. The molecule has 1 unspecified atom stereocenters. The van der Waals surface area contributed by atoms with Gasteiger partial charge in [0.25, 0.3) is 0 Å². The molecule has 0 radical (unpaired) electrons. The minimum atomic E-state index is -0.355. The molecule has 0 aliphatic carbocycles. The van der Waals surface area contributed by atoms with E-state index in [4.69, 9.17) is 11.6 Å². The highest BCUT2D eigenvalue weighted by Crippen LogP contribution is 2.13. The Labute approximate surface area is 131 Å². The SMILES string of the molecule is CCCCCCCCCCCCC(Cl)C(=O)NC(C)C. The largest absolute Gasteiger partial charge is 0.353 e. The number of hydrogen-bond donors (Lipinski definition) is 1. The molecule has 120 valence electrons. The van der Waals surface area contributed by atoms with E-state index in [0.29, 0.717) is 0 Å². The van der Waals surface area contributed by atoms with Crippen LogP contribution in [-0.4, -0.2) is 17.3 Å². The lowest BCUT2D eigenvalue weighted by molar-refractivity contribution is -0.121. The molecule has 0 saturated heterocycles. The van der Waals surface area contributed by atoms with Crippen molar-refractivity contribution in [3.05, 3.63) is 0 Å². The number of nitrogens with one attached hydrogen (secondary N) is 1. The first-order chi connectivity index (χ1) is 9.57. The van der Waals surface area contributed by atoms with Gasteiger partial charge in [-0.25, -0.2) is 0 Å². The van der Waals surface area contributed by atoms with Crippen LogP contribution < -0.4 is 5.32 Å². The number of halogens is 1. The quantitative estimate of drug-likeness (QED) is 0.357. The zero-order chi connectivity index (χ0) is 15.2. The van der Waals surface area contributed by atoms with Crippen LogP contribution in [0.5, 0.6) is 0 Å². The van der Waals surface area contributed by atoms with E-state index in [1.807, 2.05) is 13.8 Å². The first-order valence-electron chi connectivity index (χ1n) is 8.52. The highest BCUT2D eigenvalue weighted by molar-refractivity contribution is 6.30. The highest BCUT2D eigenvalue weighted by Gasteiger charge is 2.14. The second-order valence-corrected chi connectivity index (χ2v) is 6.63. The first-order valence-corrected chi connectivity index (χ1v) is 8.96. The van der Waals surface area contributed by atoms with Gasteiger partial charge in [0.2, 0.25) is 5.91 Å². The molecular weight excluding hydrogens is 270 g/mol. The highest BCUT2D eigenvalue weighted by atomic mass is 35.5. The normalized spacial score (nSPS) is 12.7. The van der Waals surface area contributed by atoms with E-state index in [2.05, 4.69) is 12.2 Å². The van der Waals surface area contributed by atoms with Crippen molar-refractivity contribution in [2.24, 2.45) is 0 Å². The van der Waals surface area contributed by atoms with Crippen molar-refractivity contribution < 1.29 is 4.79 Å². The lowest BCUT2D eigenvalue weighted by Crippen LogP contribution is -2.36. The molecule has 0 bridgehead atoms. The fourth-order valence-corrected chi connectivity index (χ4v) is 2.53. The van der Waals surface area contributed by atoms with Crippen molar-refractivity contribution in [1.29, 1.82) is 0 Å². The molecule has 1 amide bonds. The summed E-state index contributed by atoms with van der Waals surface area (Å²) in [5, 5.41) is 2.50. The Kier molecular flexibility index (Phi) is 13.6. The van der Waals surface area contributed by atoms with E-state index in [1.54, 1.807) is 0 Å². The van der Waals surface area contributed by atoms with Crippen molar-refractivity contribution in [1.82, 2.24) is 5.32 Å². The number of alkyl halides is 1. The maximum atomic E-state index is 11.6. The average molecular weight is 304 g/mol. The third kappa shape index (κ3) is 12.8. The maximum absolute atomic E-state index is 11.6. The monoisotopic (exact) mass is 303 g/mol. The summed E-state index contributed by atoms with van der Waals surface area (Å²) in [6.45, 7) is 6.18. The molecule has 0 heterocycles. The molecule has 1 N–H and O–H groups in total. The van der Waals surface area contributed by atoms with Crippen molar-refractivity contribution in [2.75, 3.05) is 0 Å². The minimum Gasteiger partial charge on any atom is -0.353 e. The van der Waals surface area contributed by atoms with Crippen molar-refractivity contribution in [3.8, 4) is 0 Å². The molecule has 0 aromatic carbocycles. The van der Waals surface area contributed by atoms with Crippen LogP contribution in [0.4, 0.5) is 0 Å². The third-order valence-electron chi connectivity index (χ3n) is 3.53. The van der Waals surface area contributed by atoms with Gasteiger partial charge < -0.3 is 5.32 Å². The molecule has 0 fully saturated rings. The Morgan fingerprint density at radius 1 is 0.900 bits per heavy atom. The number of amides is 1. The lowest BCUT2D eigenvalue weighted by Gasteiger charge is -2.12. The summed E-state index contributed by atoms with van der Waals surface area (Å²) < 4.78 is 0. The number of carbonyl (C=O) groups excluding carboxylic acids is 1. The van der Waals surface area contributed by atoms with Crippen molar-refractivity contribution in [2.45, 2.75) is 103 Å². The molecule has 0 rings (SSSR count). The van der Waals surface area contributed by atoms with Gasteiger partial charge in [0.1, 0.15) is 5.38 Å². The van der Waals surface area contributed by atoms with E-state index in [0.717, 1.165) is 12.8 Å². The summed E-state index contributed by atoms with van der Waals surface area (Å²) in [4.78, 5) is 11.6. The second-order valence-electron chi connectivity index (χ2n) is 6.10. The van der Waals surface area contributed by atoms with Crippen LogP contribution in [0.15, 0.2) is 0 Å². The van der Waals surface area contributed by atoms with Crippen LogP contribution in [0.2, 0.25) is 0 Å². The molecule has 0 aliphatic heterocycles. The molecule has 0 aromatic rings. The molecule has 1 atom stereocenters. The Morgan fingerprint density at radius 2 is 1.35 bits per heavy atom. The zero-order valence-electron chi connectivity index (χ0n) is 13.7. The smallest absolute Gasteiger partial charge is 0.238 e. The van der Waals surface area contributed by atoms with Gasteiger partial charge in [-0.1, -0.05) is 71.1 Å². The standard InChI is InChI=1S/C17H34ClNO/c1-4-5-6-7-8-9-10-11-12-13-14-16(18)17(20)19-15(2)3/h15-16H,4-14H2,1-3H3,(H,19,20). The lowest BCUT2D eigenvalue weighted by atomic mass is 10.1. The van der Waals surface area contributed by atoms with Gasteiger partial charge in [0.15, 0.2) is 0 Å². The number of rotatable bonds is 13. The van der Waals surface area contributed by atoms with E-state index in [1.165, 1.54) is 57.8 Å². The van der Waals surface area contributed by atoms with Gasteiger partial charge in [-0.3, -0.25) is 4.79 Å². The predicted molar refractivity (Wildman–Crippen MR) is 89.4 cm³/mol. The van der Waals surface area contributed by atoms with E-state index >= 15 is 0 Å². The van der Waals surface area contributed by atoms with Gasteiger partial charge in [-0.05, 0) is 20.3 Å². The Hall–Kier alpha value is -0.240. The average Bonchev–Trinajstić information content (AvgIpc) is 2.39. The molecular formula is C17H34ClNO. The fourth-order valence-electron chi connectivity index (χ4n) is 2.32. The van der Waals surface area contributed by atoms with Gasteiger partial charge in [-0.2, -0.15) is 0 Å². The molecule has 20 heavy (non-hydrogen) atoms. The first kappa shape index (κ1) is 19.8. The van der Waals surface area contributed by atoms with E-state index in [-0.39, 0.29) is 17.3 Å².